The van der Waals surface area contributed by atoms with Gasteiger partial charge in [0.05, 0.1) is 17.7 Å². The molecule has 5 rings (SSSR count). The molecule has 1 unspecified atom stereocenters. The quantitative estimate of drug-likeness (QED) is 0.892. The Hall–Kier alpha value is -1.56. The topological polar surface area (TPSA) is 57.5 Å². The Morgan fingerprint density at radius 1 is 1.38 bits per heavy atom. The number of benzene rings is 1. The summed E-state index contributed by atoms with van der Waals surface area (Å²) in [4.78, 5) is 14.2. The predicted molar refractivity (Wildman–Crippen MR) is 94.7 cm³/mol. The van der Waals surface area contributed by atoms with Crippen molar-refractivity contribution >= 4 is 28.5 Å². The first-order chi connectivity index (χ1) is 11.5. The van der Waals surface area contributed by atoms with Gasteiger partial charge in [0.25, 0.3) is 0 Å². The molecule has 2 aromatic rings. The predicted octanol–water partition coefficient (Wildman–Crippen LogP) is 2.94. The summed E-state index contributed by atoms with van der Waals surface area (Å²) in [6, 6.07) is 3.88. The summed E-state index contributed by atoms with van der Waals surface area (Å²) < 4.78 is 2.02. The molecule has 3 fully saturated rings. The first-order valence-corrected chi connectivity index (χ1v) is 8.89. The minimum atomic E-state index is -0.940. The van der Waals surface area contributed by atoms with Crippen LogP contribution in [0.25, 0.3) is 10.9 Å². The Morgan fingerprint density at radius 3 is 2.75 bits per heavy atom. The number of fused-ring (bicyclic) bond motifs is 4. The monoisotopic (exact) mass is 347 g/mol. The van der Waals surface area contributed by atoms with Gasteiger partial charge in [-0.3, -0.25) is 5.32 Å². The van der Waals surface area contributed by atoms with Crippen LogP contribution in [-0.2, 0) is 6.67 Å². The molecular formula is C18H22ClN3O2. The molecule has 1 atom stereocenters. The zero-order chi connectivity index (χ0) is 16.8. The van der Waals surface area contributed by atoms with Crippen molar-refractivity contribution in [2.24, 2.45) is 5.92 Å². The molecule has 6 heteroatoms. The van der Waals surface area contributed by atoms with Gasteiger partial charge in [0.15, 0.2) is 0 Å². The average Bonchev–Trinajstić information content (AvgIpc) is 2.89. The van der Waals surface area contributed by atoms with E-state index in [9.17, 15) is 9.90 Å². The highest BCUT2D eigenvalue weighted by Gasteiger charge is 2.33. The number of nitrogens with zero attached hydrogens (tertiary/aromatic N) is 2. The highest BCUT2D eigenvalue weighted by Crippen LogP contribution is 2.30. The van der Waals surface area contributed by atoms with E-state index in [1.807, 2.05) is 23.8 Å². The van der Waals surface area contributed by atoms with Crippen molar-refractivity contribution in [2.45, 2.75) is 32.5 Å². The first-order valence-electron chi connectivity index (χ1n) is 8.51. The van der Waals surface area contributed by atoms with E-state index in [1.54, 1.807) is 0 Å². The number of carboxylic acid groups (broad SMARTS) is 1. The van der Waals surface area contributed by atoms with Crippen molar-refractivity contribution < 1.29 is 9.90 Å². The standard InChI is InChI=1S/C18H22ClN3O2/c1-11-8-22(10-20-16-9-21-4-2-12(16)3-5-21)17-14(11)6-13(19)7-15(17)18(23)24/h6-8,12,16,20H,2-5,9-10H2,1H3,(H,23,24). The molecule has 5 nitrogen and oxygen atoms in total. The Bertz CT molecular complexity index is 793. The Balaban J connectivity index is 1.63. The van der Waals surface area contributed by atoms with E-state index in [-0.39, 0.29) is 5.56 Å². The fourth-order valence-corrected chi connectivity index (χ4v) is 4.50. The molecule has 3 aliphatic heterocycles. The normalized spacial score (nSPS) is 26.2. The van der Waals surface area contributed by atoms with E-state index in [1.165, 1.54) is 32.0 Å². The van der Waals surface area contributed by atoms with Gasteiger partial charge in [-0.2, -0.15) is 0 Å². The number of hydrogen-bond donors (Lipinski definition) is 2. The summed E-state index contributed by atoms with van der Waals surface area (Å²) in [5.74, 6) is -0.198. The lowest BCUT2D eigenvalue weighted by Crippen LogP contribution is -2.56. The van der Waals surface area contributed by atoms with Gasteiger partial charge in [0, 0.05) is 29.2 Å². The van der Waals surface area contributed by atoms with Crippen molar-refractivity contribution in [1.82, 2.24) is 14.8 Å². The molecule has 128 valence electrons. The van der Waals surface area contributed by atoms with Gasteiger partial charge in [-0.25, -0.2) is 4.79 Å². The second kappa shape index (κ2) is 6.06. The van der Waals surface area contributed by atoms with Gasteiger partial charge in [0.1, 0.15) is 0 Å². The lowest BCUT2D eigenvalue weighted by Gasteiger charge is -2.45. The molecule has 3 aliphatic rings. The number of hydrogen-bond acceptors (Lipinski definition) is 3. The van der Waals surface area contributed by atoms with Crippen molar-refractivity contribution in [2.75, 3.05) is 19.6 Å². The number of aromatic nitrogens is 1. The van der Waals surface area contributed by atoms with Crippen LogP contribution in [0.2, 0.25) is 5.02 Å². The highest BCUT2D eigenvalue weighted by molar-refractivity contribution is 6.32. The van der Waals surface area contributed by atoms with E-state index < -0.39 is 5.97 Å². The Kier molecular flexibility index (Phi) is 4.03. The van der Waals surface area contributed by atoms with Crippen molar-refractivity contribution in [3.05, 3.63) is 34.5 Å². The molecule has 0 aliphatic carbocycles. The zero-order valence-electron chi connectivity index (χ0n) is 13.8. The molecule has 24 heavy (non-hydrogen) atoms. The van der Waals surface area contributed by atoms with Crippen LogP contribution in [0.1, 0.15) is 28.8 Å². The van der Waals surface area contributed by atoms with Gasteiger partial charge in [-0.05, 0) is 56.5 Å². The minimum absolute atomic E-state index is 0.265. The maximum Gasteiger partial charge on any atom is 0.337 e. The van der Waals surface area contributed by atoms with Crippen molar-refractivity contribution in [1.29, 1.82) is 0 Å². The van der Waals surface area contributed by atoms with Crippen LogP contribution in [0.5, 0.6) is 0 Å². The van der Waals surface area contributed by atoms with Crippen LogP contribution in [0.4, 0.5) is 0 Å². The SMILES string of the molecule is Cc1cn(CNC2CN3CCC2CC3)c2c(C(=O)O)cc(Cl)cc12. The molecule has 1 aromatic heterocycles. The van der Waals surface area contributed by atoms with E-state index in [4.69, 9.17) is 11.6 Å². The van der Waals surface area contributed by atoms with Gasteiger partial charge < -0.3 is 14.6 Å². The van der Waals surface area contributed by atoms with Gasteiger partial charge >= 0.3 is 5.97 Å². The molecule has 0 saturated carbocycles. The Morgan fingerprint density at radius 2 is 2.12 bits per heavy atom. The molecule has 0 radical (unpaired) electrons. The molecule has 4 heterocycles. The number of rotatable bonds is 4. The summed E-state index contributed by atoms with van der Waals surface area (Å²) in [7, 11) is 0. The number of aromatic carboxylic acids is 1. The smallest absolute Gasteiger partial charge is 0.337 e. The summed E-state index contributed by atoms with van der Waals surface area (Å²) in [5, 5.41) is 14.6. The number of piperidine rings is 3. The summed E-state index contributed by atoms with van der Waals surface area (Å²) in [6.45, 7) is 6.16. The third-order valence-electron chi connectivity index (χ3n) is 5.55. The summed E-state index contributed by atoms with van der Waals surface area (Å²) in [6.07, 6.45) is 4.54. The maximum absolute atomic E-state index is 11.6. The molecule has 1 aromatic carbocycles. The number of carbonyl (C=O) groups is 1. The summed E-state index contributed by atoms with van der Waals surface area (Å²) in [5.41, 5.74) is 2.06. The summed E-state index contributed by atoms with van der Waals surface area (Å²) >= 11 is 6.10. The first kappa shape index (κ1) is 15.9. The van der Waals surface area contributed by atoms with Gasteiger partial charge in [0.2, 0.25) is 0 Å². The zero-order valence-corrected chi connectivity index (χ0v) is 14.5. The Labute approximate surface area is 146 Å². The van der Waals surface area contributed by atoms with Crippen LogP contribution in [0.3, 0.4) is 0 Å². The molecule has 2 bridgehead atoms. The minimum Gasteiger partial charge on any atom is -0.478 e. The second-order valence-electron chi connectivity index (χ2n) is 7.04. The van der Waals surface area contributed by atoms with Crippen LogP contribution in [-0.4, -0.2) is 46.2 Å². The molecule has 0 spiro atoms. The third-order valence-corrected chi connectivity index (χ3v) is 5.76. The van der Waals surface area contributed by atoms with Crippen molar-refractivity contribution in [3.63, 3.8) is 0 Å². The van der Waals surface area contributed by atoms with Crippen LogP contribution >= 0.6 is 11.6 Å². The van der Waals surface area contributed by atoms with E-state index in [0.717, 1.165) is 28.9 Å². The average molecular weight is 348 g/mol. The molecule has 3 saturated heterocycles. The van der Waals surface area contributed by atoms with Crippen LogP contribution in [0, 0.1) is 12.8 Å². The lowest BCUT2D eigenvalue weighted by molar-refractivity contribution is 0.0687. The van der Waals surface area contributed by atoms with Gasteiger partial charge in [-0.1, -0.05) is 11.6 Å². The highest BCUT2D eigenvalue weighted by atomic mass is 35.5. The number of nitrogens with one attached hydrogen (secondary N) is 1. The maximum atomic E-state index is 11.6. The molecular weight excluding hydrogens is 326 g/mol. The number of aryl methyl sites for hydroxylation is 1. The largest absolute Gasteiger partial charge is 0.478 e. The number of halogens is 1. The van der Waals surface area contributed by atoms with E-state index in [2.05, 4.69) is 10.2 Å². The molecule has 2 N–H and O–H groups in total. The number of carboxylic acids is 1. The third kappa shape index (κ3) is 2.70. The fraction of sp³-hybridized carbons (Fsp3) is 0.500. The lowest BCUT2D eigenvalue weighted by atomic mass is 9.84. The van der Waals surface area contributed by atoms with Crippen LogP contribution in [0.15, 0.2) is 18.3 Å². The van der Waals surface area contributed by atoms with Gasteiger partial charge in [-0.15, -0.1) is 0 Å². The van der Waals surface area contributed by atoms with E-state index >= 15 is 0 Å². The van der Waals surface area contributed by atoms with E-state index in [0.29, 0.717) is 17.7 Å². The van der Waals surface area contributed by atoms with Crippen LogP contribution < -0.4 is 5.32 Å². The fourth-order valence-electron chi connectivity index (χ4n) is 4.28. The molecule has 0 amide bonds. The van der Waals surface area contributed by atoms with Crippen molar-refractivity contribution in [3.8, 4) is 0 Å². The second-order valence-corrected chi connectivity index (χ2v) is 7.48.